The molecule has 120 valence electrons. The van der Waals surface area contributed by atoms with E-state index in [4.69, 9.17) is 0 Å². The number of para-hydroxylation sites is 1. The Kier molecular flexibility index (Phi) is 3.91. The molecule has 23 heavy (non-hydrogen) atoms. The first-order chi connectivity index (χ1) is 10.9. The number of nitrogens with zero attached hydrogens (tertiary/aromatic N) is 2. The van der Waals surface area contributed by atoms with Gasteiger partial charge in [0.15, 0.2) is 0 Å². The number of benzene rings is 2. The Balaban J connectivity index is 1.77. The van der Waals surface area contributed by atoms with Gasteiger partial charge in [-0.05, 0) is 25.5 Å². The van der Waals surface area contributed by atoms with E-state index in [1.165, 1.54) is 10.4 Å². The third-order valence-corrected chi connectivity index (χ3v) is 5.87. The van der Waals surface area contributed by atoms with Crippen molar-refractivity contribution in [3.05, 3.63) is 69.8 Å². The number of hydrogen-bond donors (Lipinski definition) is 0. The van der Waals surface area contributed by atoms with Gasteiger partial charge in [0.05, 0.1) is 9.82 Å². The van der Waals surface area contributed by atoms with E-state index in [-0.39, 0.29) is 16.6 Å². The zero-order valence-corrected chi connectivity index (χ0v) is 13.4. The second-order valence-corrected chi connectivity index (χ2v) is 7.52. The highest BCUT2D eigenvalue weighted by atomic mass is 32.2. The fraction of sp³-hybridized carbons (Fsp3) is 0.250. The van der Waals surface area contributed by atoms with Crippen LogP contribution in [0.4, 0.5) is 5.69 Å². The molecule has 2 unspecified atom stereocenters. The van der Waals surface area contributed by atoms with Crippen LogP contribution in [0.1, 0.15) is 11.1 Å². The van der Waals surface area contributed by atoms with Gasteiger partial charge in [0.2, 0.25) is 10.0 Å². The van der Waals surface area contributed by atoms with Crippen LogP contribution in [0, 0.1) is 17.0 Å². The summed E-state index contributed by atoms with van der Waals surface area (Å²) in [5, 5.41) is 11.0. The Labute approximate surface area is 134 Å². The first-order valence-electron chi connectivity index (χ1n) is 7.20. The normalized spacial score (nSPS) is 20.2. The zero-order valence-electron chi connectivity index (χ0n) is 12.5. The standard InChI is InChI=1S/C16H16N2O4S/c1-12-6-8-15(9-7-12)23(21,22)17-11-14(17)10-13-4-2-3-5-16(13)18(19)20/h2-9,14H,10-11H2,1H3. The highest BCUT2D eigenvalue weighted by Gasteiger charge is 2.45. The van der Waals surface area contributed by atoms with Crippen molar-refractivity contribution >= 4 is 15.7 Å². The predicted octanol–water partition coefficient (Wildman–Crippen LogP) is 2.52. The van der Waals surface area contributed by atoms with Crippen LogP contribution in [0.15, 0.2) is 53.4 Å². The van der Waals surface area contributed by atoms with Crippen LogP contribution < -0.4 is 0 Å². The Hall–Kier alpha value is -2.25. The number of rotatable bonds is 5. The Morgan fingerprint density at radius 1 is 1.17 bits per heavy atom. The molecule has 0 aromatic heterocycles. The lowest BCUT2D eigenvalue weighted by molar-refractivity contribution is -0.385. The molecular formula is C16H16N2O4S. The third kappa shape index (κ3) is 3.11. The molecular weight excluding hydrogens is 316 g/mol. The van der Waals surface area contributed by atoms with Crippen LogP contribution >= 0.6 is 0 Å². The molecule has 2 atom stereocenters. The first kappa shape index (κ1) is 15.6. The van der Waals surface area contributed by atoms with Crippen molar-refractivity contribution in [3.8, 4) is 0 Å². The van der Waals surface area contributed by atoms with Gasteiger partial charge in [-0.1, -0.05) is 35.9 Å². The van der Waals surface area contributed by atoms with Crippen molar-refractivity contribution in [2.24, 2.45) is 0 Å². The summed E-state index contributed by atoms with van der Waals surface area (Å²) in [4.78, 5) is 10.9. The summed E-state index contributed by atoms with van der Waals surface area (Å²) in [6.07, 6.45) is 0.349. The van der Waals surface area contributed by atoms with E-state index < -0.39 is 14.9 Å². The molecule has 2 aromatic carbocycles. The molecule has 0 bridgehead atoms. The Morgan fingerprint density at radius 2 is 1.83 bits per heavy atom. The maximum absolute atomic E-state index is 12.5. The van der Waals surface area contributed by atoms with E-state index in [0.29, 0.717) is 18.5 Å². The van der Waals surface area contributed by atoms with Gasteiger partial charge in [0.1, 0.15) is 0 Å². The van der Waals surface area contributed by atoms with E-state index in [9.17, 15) is 18.5 Å². The van der Waals surface area contributed by atoms with E-state index >= 15 is 0 Å². The summed E-state index contributed by atoms with van der Waals surface area (Å²) in [6.45, 7) is 2.29. The molecule has 1 heterocycles. The van der Waals surface area contributed by atoms with Crippen molar-refractivity contribution in [3.63, 3.8) is 0 Å². The number of nitro groups is 1. The Morgan fingerprint density at radius 3 is 2.48 bits per heavy atom. The van der Waals surface area contributed by atoms with E-state index in [0.717, 1.165) is 5.56 Å². The molecule has 3 rings (SSSR count). The fourth-order valence-electron chi connectivity index (χ4n) is 2.58. The van der Waals surface area contributed by atoms with E-state index in [1.807, 2.05) is 6.92 Å². The number of nitro benzene ring substituents is 1. The van der Waals surface area contributed by atoms with Gasteiger partial charge in [-0.15, -0.1) is 0 Å². The third-order valence-electron chi connectivity index (χ3n) is 3.94. The van der Waals surface area contributed by atoms with Crippen molar-refractivity contribution in [2.45, 2.75) is 24.3 Å². The predicted molar refractivity (Wildman–Crippen MR) is 85.7 cm³/mol. The summed E-state index contributed by atoms with van der Waals surface area (Å²) in [5.74, 6) is 0. The summed E-state index contributed by atoms with van der Waals surface area (Å²) < 4.78 is 26.4. The molecule has 1 aliphatic heterocycles. The summed E-state index contributed by atoms with van der Waals surface area (Å²) in [5.41, 5.74) is 1.59. The molecule has 0 spiro atoms. The van der Waals surface area contributed by atoms with E-state index in [1.54, 1.807) is 42.5 Å². The molecule has 1 saturated heterocycles. The smallest absolute Gasteiger partial charge is 0.258 e. The fourth-order valence-corrected chi connectivity index (χ4v) is 4.17. The highest BCUT2D eigenvalue weighted by molar-refractivity contribution is 7.89. The second kappa shape index (κ2) is 5.75. The first-order valence-corrected chi connectivity index (χ1v) is 8.64. The molecule has 7 heteroatoms. The maximum Gasteiger partial charge on any atom is 0.272 e. The molecule has 1 aliphatic rings. The van der Waals surface area contributed by atoms with Gasteiger partial charge >= 0.3 is 0 Å². The van der Waals surface area contributed by atoms with Crippen LogP contribution in [-0.2, 0) is 16.4 Å². The molecule has 2 aromatic rings. The number of aryl methyl sites for hydroxylation is 1. The Bertz CT molecular complexity index is 847. The minimum absolute atomic E-state index is 0.0343. The molecule has 0 N–H and O–H groups in total. The average molecular weight is 332 g/mol. The molecule has 0 amide bonds. The lowest BCUT2D eigenvalue weighted by atomic mass is 10.1. The molecule has 6 nitrogen and oxygen atoms in total. The van der Waals surface area contributed by atoms with Crippen molar-refractivity contribution in [2.75, 3.05) is 6.54 Å². The van der Waals surface area contributed by atoms with Crippen molar-refractivity contribution < 1.29 is 13.3 Å². The monoisotopic (exact) mass is 332 g/mol. The van der Waals surface area contributed by atoms with Gasteiger partial charge in [-0.25, -0.2) is 8.42 Å². The average Bonchev–Trinajstić information content (AvgIpc) is 3.28. The molecule has 0 aliphatic carbocycles. The van der Waals surface area contributed by atoms with Crippen LogP contribution in [-0.4, -0.2) is 30.2 Å². The maximum atomic E-state index is 12.5. The quantitative estimate of drug-likeness (QED) is 0.479. The minimum atomic E-state index is -3.52. The van der Waals surface area contributed by atoms with E-state index in [2.05, 4.69) is 0 Å². The van der Waals surface area contributed by atoms with Crippen LogP contribution in [0.5, 0.6) is 0 Å². The lowest BCUT2D eigenvalue weighted by Crippen LogP contribution is -2.16. The van der Waals surface area contributed by atoms with Gasteiger partial charge in [0.25, 0.3) is 5.69 Å². The van der Waals surface area contributed by atoms with Crippen LogP contribution in [0.25, 0.3) is 0 Å². The molecule has 1 fully saturated rings. The second-order valence-electron chi connectivity index (χ2n) is 5.63. The summed E-state index contributed by atoms with van der Waals surface area (Å²) >= 11 is 0. The van der Waals surface area contributed by atoms with Crippen LogP contribution in [0.3, 0.4) is 0 Å². The van der Waals surface area contributed by atoms with Gasteiger partial charge < -0.3 is 0 Å². The summed E-state index contributed by atoms with van der Waals surface area (Å²) in [7, 11) is -3.52. The van der Waals surface area contributed by atoms with Crippen molar-refractivity contribution in [1.82, 2.24) is 4.31 Å². The molecule has 0 saturated carbocycles. The van der Waals surface area contributed by atoms with Gasteiger partial charge in [-0.2, -0.15) is 4.31 Å². The van der Waals surface area contributed by atoms with Crippen LogP contribution in [0.2, 0.25) is 0 Å². The van der Waals surface area contributed by atoms with Crippen molar-refractivity contribution in [1.29, 1.82) is 0 Å². The zero-order chi connectivity index (χ0) is 16.6. The minimum Gasteiger partial charge on any atom is -0.258 e. The molecule has 0 radical (unpaired) electrons. The number of hydrogen-bond acceptors (Lipinski definition) is 4. The lowest BCUT2D eigenvalue weighted by Gasteiger charge is -2.07. The van der Waals surface area contributed by atoms with Gasteiger partial charge in [0, 0.05) is 24.2 Å². The SMILES string of the molecule is Cc1ccc(S(=O)(=O)N2CC2Cc2ccccc2[N+](=O)[O-])cc1. The topological polar surface area (TPSA) is 80.3 Å². The number of sulfonamides is 1. The largest absolute Gasteiger partial charge is 0.272 e. The summed E-state index contributed by atoms with van der Waals surface area (Å²) in [6, 6.07) is 12.9. The highest BCUT2D eigenvalue weighted by Crippen LogP contribution is 2.32. The van der Waals surface area contributed by atoms with Gasteiger partial charge in [-0.3, -0.25) is 10.1 Å².